The fourth-order valence-electron chi connectivity index (χ4n) is 4.54. The molecule has 0 aromatic carbocycles. The molecule has 0 atom stereocenters. The van der Waals surface area contributed by atoms with Crippen LogP contribution in [0.4, 0.5) is 0 Å². The molecule has 0 aromatic heterocycles. The van der Waals surface area contributed by atoms with E-state index in [1.54, 1.807) is 0 Å². The smallest absolute Gasteiger partial charge is 0.383 e. The second kappa shape index (κ2) is 6.28. The van der Waals surface area contributed by atoms with Crippen LogP contribution >= 0.6 is 0 Å². The van der Waals surface area contributed by atoms with Crippen LogP contribution in [0.5, 0.6) is 0 Å². The predicted octanol–water partition coefficient (Wildman–Crippen LogP) is 3.01. The van der Waals surface area contributed by atoms with Gasteiger partial charge in [-0.15, -0.1) is 0 Å². The lowest BCUT2D eigenvalue weighted by atomic mass is 9.79. The van der Waals surface area contributed by atoms with E-state index >= 15 is 0 Å². The van der Waals surface area contributed by atoms with Gasteiger partial charge in [0.25, 0.3) is 0 Å². The molecule has 2 aliphatic heterocycles. The lowest BCUT2D eigenvalue weighted by Crippen LogP contribution is -2.66. The van der Waals surface area contributed by atoms with Crippen LogP contribution in [0.3, 0.4) is 0 Å². The first-order valence-electron chi connectivity index (χ1n) is 8.58. The quantitative estimate of drug-likeness (QED) is 0.791. The van der Waals surface area contributed by atoms with Gasteiger partial charge in [-0.25, -0.2) is 0 Å². The van der Waals surface area contributed by atoms with Crippen molar-refractivity contribution in [3.05, 3.63) is 0 Å². The van der Waals surface area contributed by atoms with Crippen molar-refractivity contribution >= 4 is 8.72 Å². The maximum atomic E-state index is 6.26. The molecule has 0 spiro atoms. The van der Waals surface area contributed by atoms with Crippen molar-refractivity contribution in [2.75, 3.05) is 19.8 Å². The highest BCUT2D eigenvalue weighted by Gasteiger charge is 2.54. The maximum Gasteiger partial charge on any atom is 0.428 e. The Morgan fingerprint density at radius 2 is 1.57 bits per heavy atom. The van der Waals surface area contributed by atoms with Gasteiger partial charge in [0.05, 0.1) is 0 Å². The molecular weight excluding hydrogens is 280 g/mol. The number of nitrogens with one attached hydrogen (secondary N) is 1. The van der Waals surface area contributed by atoms with Crippen molar-refractivity contribution in [2.45, 2.75) is 84.0 Å². The van der Waals surface area contributed by atoms with E-state index in [9.17, 15) is 0 Å². The summed E-state index contributed by atoms with van der Waals surface area (Å²) in [6, 6.07) is 1.70. The summed E-state index contributed by atoms with van der Waals surface area (Å²) in [5.41, 5.74) is 0.348. The van der Waals surface area contributed by atoms with Crippen LogP contribution in [0.1, 0.15) is 60.8 Å². The van der Waals surface area contributed by atoms with E-state index in [-0.39, 0.29) is 11.1 Å². The van der Waals surface area contributed by atoms with Crippen LogP contribution in [-0.4, -0.2) is 50.2 Å². The third kappa shape index (κ3) is 3.88. The lowest BCUT2D eigenvalue weighted by Gasteiger charge is -2.51. The molecule has 2 aliphatic rings. The van der Waals surface area contributed by atoms with Crippen LogP contribution in [0.25, 0.3) is 0 Å². The number of rotatable bonds is 5. The molecule has 2 heterocycles. The van der Waals surface area contributed by atoms with Crippen LogP contribution in [-0.2, 0) is 8.85 Å². The van der Waals surface area contributed by atoms with Crippen LogP contribution in [0.15, 0.2) is 0 Å². The molecule has 0 bridgehead atoms. The summed E-state index contributed by atoms with van der Waals surface area (Å²) in [6.45, 7) is 16.2. The van der Waals surface area contributed by atoms with Crippen molar-refractivity contribution < 1.29 is 8.85 Å². The summed E-state index contributed by atoms with van der Waals surface area (Å²) in [5.74, 6) is 0. The Hall–Kier alpha value is 0.0569. The topological polar surface area (TPSA) is 33.7 Å². The highest BCUT2D eigenvalue weighted by atomic mass is 28.4. The van der Waals surface area contributed by atoms with E-state index in [0.29, 0.717) is 6.04 Å². The number of piperidine rings is 1. The van der Waals surface area contributed by atoms with Gasteiger partial charge < -0.3 is 14.2 Å². The first-order chi connectivity index (χ1) is 9.74. The van der Waals surface area contributed by atoms with E-state index in [2.05, 4.69) is 51.4 Å². The second-order valence-electron chi connectivity index (χ2n) is 7.83. The minimum atomic E-state index is -2.17. The lowest BCUT2D eigenvalue weighted by molar-refractivity contribution is 0.0645. The largest absolute Gasteiger partial charge is 0.428 e. The zero-order valence-electron chi connectivity index (χ0n) is 14.8. The van der Waals surface area contributed by atoms with Gasteiger partial charge in [-0.3, -0.25) is 4.57 Å². The van der Waals surface area contributed by atoms with Crippen molar-refractivity contribution in [1.82, 2.24) is 9.88 Å². The molecule has 0 amide bonds. The highest BCUT2D eigenvalue weighted by molar-refractivity contribution is 6.65. The zero-order valence-corrected chi connectivity index (χ0v) is 15.8. The molecular formula is C16H34N2O2Si. The van der Waals surface area contributed by atoms with E-state index in [4.69, 9.17) is 8.85 Å². The van der Waals surface area contributed by atoms with Crippen molar-refractivity contribution in [1.29, 1.82) is 0 Å². The Bertz CT molecular complexity index is 338. The molecule has 124 valence electrons. The Balaban J connectivity index is 2.21. The minimum Gasteiger partial charge on any atom is -0.383 e. The summed E-state index contributed by atoms with van der Waals surface area (Å²) in [7, 11) is -2.17. The number of hydrogen-bond donors (Lipinski definition) is 1. The maximum absolute atomic E-state index is 6.26. The highest BCUT2D eigenvalue weighted by Crippen LogP contribution is 2.38. The molecule has 0 saturated carbocycles. The molecule has 0 aliphatic carbocycles. The van der Waals surface area contributed by atoms with Gasteiger partial charge in [-0.2, -0.15) is 0 Å². The average molecular weight is 315 g/mol. The zero-order chi connectivity index (χ0) is 15.7. The monoisotopic (exact) mass is 314 g/mol. The normalized spacial score (nSPS) is 28.9. The third-order valence-corrected chi connectivity index (χ3v) is 8.61. The Kier molecular flexibility index (Phi) is 5.21. The van der Waals surface area contributed by atoms with Crippen molar-refractivity contribution in [2.24, 2.45) is 0 Å². The van der Waals surface area contributed by atoms with Crippen LogP contribution in [0.2, 0.25) is 6.04 Å². The van der Waals surface area contributed by atoms with E-state index in [1.807, 2.05) is 0 Å². The molecule has 0 radical (unpaired) electrons. The van der Waals surface area contributed by atoms with Gasteiger partial charge in [-0.05, 0) is 67.3 Å². The van der Waals surface area contributed by atoms with Gasteiger partial charge in [0.15, 0.2) is 0 Å². The Morgan fingerprint density at radius 3 is 2.05 bits per heavy atom. The number of nitrogens with zero attached hydrogens (tertiary/aromatic N) is 1. The summed E-state index contributed by atoms with van der Waals surface area (Å²) >= 11 is 0. The van der Waals surface area contributed by atoms with E-state index < -0.39 is 8.72 Å². The standard InChI is InChI=1S/C16H34N2O2Si/c1-7-19-21(20-8-2)11-9-10-18(21)14-12-15(3,4)17-16(5,6)13-14/h14,17H,7-13H2,1-6H3. The van der Waals surface area contributed by atoms with Crippen molar-refractivity contribution in [3.63, 3.8) is 0 Å². The Labute approximate surface area is 131 Å². The molecule has 5 heteroatoms. The SMILES string of the molecule is CCO[Si]1(OCC)CCCN1C1CC(C)(C)NC(C)(C)C1. The summed E-state index contributed by atoms with van der Waals surface area (Å²) < 4.78 is 15.2. The first-order valence-corrected chi connectivity index (χ1v) is 10.5. The Morgan fingerprint density at radius 1 is 1.05 bits per heavy atom. The van der Waals surface area contributed by atoms with Crippen molar-refractivity contribution in [3.8, 4) is 0 Å². The first kappa shape index (κ1) is 17.4. The van der Waals surface area contributed by atoms with E-state index in [1.165, 1.54) is 19.3 Å². The summed E-state index contributed by atoms with van der Waals surface area (Å²) in [4.78, 5) is 0. The number of hydrogen-bond acceptors (Lipinski definition) is 4. The fraction of sp³-hybridized carbons (Fsp3) is 1.00. The van der Waals surface area contributed by atoms with Crippen LogP contribution < -0.4 is 5.32 Å². The minimum absolute atomic E-state index is 0.174. The fourth-order valence-corrected chi connectivity index (χ4v) is 8.27. The third-order valence-electron chi connectivity index (χ3n) is 4.68. The van der Waals surface area contributed by atoms with Gasteiger partial charge >= 0.3 is 8.72 Å². The molecule has 0 unspecified atom stereocenters. The molecule has 4 nitrogen and oxygen atoms in total. The molecule has 21 heavy (non-hydrogen) atoms. The second-order valence-corrected chi connectivity index (χ2v) is 10.9. The average Bonchev–Trinajstić information content (AvgIpc) is 2.69. The van der Waals surface area contributed by atoms with Gasteiger partial charge in [0.1, 0.15) is 0 Å². The molecule has 0 aromatic rings. The molecule has 2 saturated heterocycles. The molecule has 2 rings (SSSR count). The molecule has 2 fully saturated rings. The summed E-state index contributed by atoms with van der Waals surface area (Å²) in [6.07, 6.45) is 3.56. The van der Waals surface area contributed by atoms with Gasteiger partial charge in [0, 0.05) is 36.4 Å². The van der Waals surface area contributed by atoms with Crippen LogP contribution in [0, 0.1) is 0 Å². The summed E-state index contributed by atoms with van der Waals surface area (Å²) in [5, 5.41) is 3.78. The van der Waals surface area contributed by atoms with Gasteiger partial charge in [0.2, 0.25) is 0 Å². The van der Waals surface area contributed by atoms with E-state index in [0.717, 1.165) is 25.8 Å². The molecule has 1 N–H and O–H groups in total. The van der Waals surface area contributed by atoms with Gasteiger partial charge in [-0.1, -0.05) is 0 Å². The predicted molar refractivity (Wildman–Crippen MR) is 89.5 cm³/mol.